The second-order valence-electron chi connectivity index (χ2n) is 6.91. The van der Waals surface area contributed by atoms with Gasteiger partial charge < -0.3 is 40.7 Å². The van der Waals surface area contributed by atoms with Crippen LogP contribution in [0.5, 0.6) is 11.5 Å². The summed E-state index contributed by atoms with van der Waals surface area (Å²) in [5.41, 5.74) is 1.24. The van der Waals surface area contributed by atoms with Gasteiger partial charge in [0, 0.05) is 28.2 Å². The molecule has 0 fully saturated rings. The quantitative estimate of drug-likeness (QED) is 0.255. The van der Waals surface area contributed by atoms with Gasteiger partial charge in [0.15, 0.2) is 17.6 Å². The first-order valence-corrected chi connectivity index (χ1v) is 10.8. The van der Waals surface area contributed by atoms with Gasteiger partial charge in [0.25, 0.3) is 0 Å². The Bertz CT molecular complexity index is 1080. The van der Waals surface area contributed by atoms with E-state index in [1.165, 1.54) is 13.4 Å². The summed E-state index contributed by atoms with van der Waals surface area (Å²) in [5, 5.41) is 43.2. The molecule has 0 radical (unpaired) electrons. The number of nitrogens with zero attached hydrogens (tertiary/aromatic N) is 2. The number of anilines is 2. The normalized spacial score (nSPS) is 13.7. The van der Waals surface area contributed by atoms with Gasteiger partial charge in [0.05, 0.1) is 30.4 Å². The lowest BCUT2D eigenvalue weighted by Crippen LogP contribution is -2.43. The SMILES string of the molecule is COc1cc2c(Nc3ccc(Br)c(Cl)c3)ncnc2cc1O[C@H](CO)[C@H](O)[C@@H](O)CCO.O. The van der Waals surface area contributed by atoms with Crippen LogP contribution in [-0.2, 0) is 0 Å². The molecule has 0 aliphatic carbocycles. The molecule has 0 amide bonds. The molecule has 1 aromatic heterocycles. The predicted molar refractivity (Wildman–Crippen MR) is 127 cm³/mol. The number of aliphatic hydroxyl groups excluding tert-OH is 4. The molecule has 180 valence electrons. The van der Waals surface area contributed by atoms with E-state index in [-0.39, 0.29) is 24.3 Å². The van der Waals surface area contributed by atoms with Crippen LogP contribution in [0.3, 0.4) is 0 Å². The first-order valence-electron chi connectivity index (χ1n) is 9.67. The molecule has 0 saturated heterocycles. The van der Waals surface area contributed by atoms with Crippen molar-refractivity contribution in [3.63, 3.8) is 0 Å². The topological polar surface area (TPSA) is 169 Å². The fourth-order valence-corrected chi connectivity index (χ4v) is 3.48. The zero-order chi connectivity index (χ0) is 23.3. The van der Waals surface area contributed by atoms with Crippen molar-refractivity contribution in [1.29, 1.82) is 0 Å². The summed E-state index contributed by atoms with van der Waals surface area (Å²) >= 11 is 9.52. The molecule has 10 nitrogen and oxygen atoms in total. The molecule has 0 spiro atoms. The maximum Gasteiger partial charge on any atom is 0.164 e. The predicted octanol–water partition coefficient (Wildman–Crippen LogP) is 1.82. The smallest absolute Gasteiger partial charge is 0.164 e. The number of methoxy groups -OCH3 is 1. The maximum absolute atomic E-state index is 10.3. The lowest BCUT2D eigenvalue weighted by Gasteiger charge is -2.26. The van der Waals surface area contributed by atoms with E-state index in [0.29, 0.717) is 27.5 Å². The summed E-state index contributed by atoms with van der Waals surface area (Å²) in [6, 6.07) is 8.65. The van der Waals surface area contributed by atoms with Gasteiger partial charge >= 0.3 is 0 Å². The highest BCUT2D eigenvalue weighted by molar-refractivity contribution is 9.10. The molecule has 0 saturated carbocycles. The lowest BCUT2D eigenvalue weighted by atomic mass is 10.1. The number of hydrogen-bond acceptors (Lipinski definition) is 9. The molecule has 7 N–H and O–H groups in total. The van der Waals surface area contributed by atoms with E-state index in [4.69, 9.17) is 26.2 Å². The molecule has 0 aliphatic heterocycles. The second-order valence-corrected chi connectivity index (χ2v) is 8.17. The van der Waals surface area contributed by atoms with E-state index in [1.54, 1.807) is 18.2 Å². The van der Waals surface area contributed by atoms with Crippen molar-refractivity contribution in [3.05, 3.63) is 46.2 Å². The number of benzene rings is 2. The zero-order valence-electron chi connectivity index (χ0n) is 17.6. The van der Waals surface area contributed by atoms with Crippen LogP contribution in [0.15, 0.2) is 41.1 Å². The highest BCUT2D eigenvalue weighted by Gasteiger charge is 2.28. The van der Waals surface area contributed by atoms with Crippen LogP contribution in [-0.4, -0.2) is 74.5 Å². The van der Waals surface area contributed by atoms with Gasteiger partial charge in [0.1, 0.15) is 18.2 Å². The van der Waals surface area contributed by atoms with E-state index in [1.807, 2.05) is 12.1 Å². The van der Waals surface area contributed by atoms with Crippen LogP contribution in [0, 0.1) is 0 Å². The molecular weight excluding hydrogens is 522 g/mol. The summed E-state index contributed by atoms with van der Waals surface area (Å²) in [6.07, 6.45) is -2.51. The highest BCUT2D eigenvalue weighted by Crippen LogP contribution is 2.36. The Morgan fingerprint density at radius 1 is 1.12 bits per heavy atom. The fraction of sp³-hybridized carbons (Fsp3) is 0.333. The van der Waals surface area contributed by atoms with Crippen molar-refractivity contribution >= 4 is 49.9 Å². The standard InChI is InChI=1S/C21H23BrClN3O6.H2O/c1-31-17-7-12-15(8-18(17)32-19(9-28)20(30)16(29)4-5-27)24-10-25-21(12)26-11-2-3-13(22)14(23)6-11;/h2-3,6-8,10,16,19-20,27-30H,4-5,9H2,1H3,(H,24,25,26);1H2/t16-,19+,20+;/m0./s1. The number of aliphatic hydroxyl groups is 4. The molecule has 0 bridgehead atoms. The third-order valence-electron chi connectivity index (χ3n) is 4.76. The van der Waals surface area contributed by atoms with Crippen LogP contribution in [0.4, 0.5) is 11.5 Å². The first-order chi connectivity index (χ1) is 15.4. The van der Waals surface area contributed by atoms with Crippen molar-refractivity contribution in [3.8, 4) is 11.5 Å². The average Bonchev–Trinajstić information content (AvgIpc) is 2.79. The highest BCUT2D eigenvalue weighted by atomic mass is 79.9. The van der Waals surface area contributed by atoms with Crippen LogP contribution in [0.1, 0.15) is 6.42 Å². The van der Waals surface area contributed by atoms with Gasteiger partial charge in [-0.2, -0.15) is 0 Å². The summed E-state index contributed by atoms with van der Waals surface area (Å²) < 4.78 is 11.9. The van der Waals surface area contributed by atoms with E-state index >= 15 is 0 Å². The molecular formula is C21H25BrClN3O7. The van der Waals surface area contributed by atoms with Gasteiger partial charge in [0.2, 0.25) is 0 Å². The minimum atomic E-state index is -1.42. The third kappa shape index (κ3) is 6.42. The van der Waals surface area contributed by atoms with Gasteiger partial charge in [-0.15, -0.1) is 0 Å². The molecule has 12 heteroatoms. The van der Waals surface area contributed by atoms with Gasteiger partial charge in [-0.05, 0) is 46.6 Å². The summed E-state index contributed by atoms with van der Waals surface area (Å²) in [6.45, 7) is -0.877. The zero-order valence-corrected chi connectivity index (χ0v) is 19.9. The van der Waals surface area contributed by atoms with Gasteiger partial charge in [-0.1, -0.05) is 11.6 Å². The Balaban J connectivity index is 0.00000385. The molecule has 1 heterocycles. The fourth-order valence-electron chi connectivity index (χ4n) is 3.05. The van der Waals surface area contributed by atoms with Crippen molar-refractivity contribution in [1.82, 2.24) is 9.97 Å². The van der Waals surface area contributed by atoms with Gasteiger partial charge in [-0.25, -0.2) is 9.97 Å². The number of fused-ring (bicyclic) bond motifs is 1. The minimum absolute atomic E-state index is 0. The molecule has 0 aliphatic rings. The Hall–Kier alpha value is -2.25. The van der Waals surface area contributed by atoms with E-state index in [0.717, 1.165) is 10.2 Å². The van der Waals surface area contributed by atoms with E-state index < -0.39 is 24.9 Å². The minimum Gasteiger partial charge on any atom is -0.493 e. The van der Waals surface area contributed by atoms with Crippen molar-refractivity contribution in [2.45, 2.75) is 24.7 Å². The van der Waals surface area contributed by atoms with Crippen LogP contribution >= 0.6 is 27.5 Å². The van der Waals surface area contributed by atoms with Gasteiger partial charge in [-0.3, -0.25) is 0 Å². The Morgan fingerprint density at radius 3 is 2.52 bits per heavy atom. The summed E-state index contributed by atoms with van der Waals surface area (Å²) in [5.74, 6) is 1.03. The average molecular weight is 547 g/mol. The number of ether oxygens (including phenoxy) is 2. The number of halogens is 2. The number of rotatable bonds is 10. The first kappa shape index (κ1) is 27.0. The van der Waals surface area contributed by atoms with E-state index in [9.17, 15) is 15.3 Å². The van der Waals surface area contributed by atoms with Crippen molar-refractivity contribution in [2.75, 3.05) is 25.6 Å². The monoisotopic (exact) mass is 545 g/mol. The maximum atomic E-state index is 10.3. The van der Waals surface area contributed by atoms with Crippen LogP contribution in [0.2, 0.25) is 5.02 Å². The summed E-state index contributed by atoms with van der Waals surface area (Å²) in [4.78, 5) is 8.56. The molecule has 3 atom stereocenters. The lowest BCUT2D eigenvalue weighted by molar-refractivity contribution is -0.0718. The molecule has 3 rings (SSSR count). The molecule has 33 heavy (non-hydrogen) atoms. The number of hydrogen-bond donors (Lipinski definition) is 5. The van der Waals surface area contributed by atoms with E-state index in [2.05, 4.69) is 31.2 Å². The molecule has 0 unspecified atom stereocenters. The number of aromatic nitrogens is 2. The number of nitrogens with one attached hydrogen (secondary N) is 1. The summed E-state index contributed by atoms with van der Waals surface area (Å²) in [7, 11) is 1.45. The molecule has 3 aromatic rings. The second kappa shape index (κ2) is 12.3. The third-order valence-corrected chi connectivity index (χ3v) is 5.99. The molecule has 2 aromatic carbocycles. The van der Waals surface area contributed by atoms with Crippen LogP contribution < -0.4 is 14.8 Å². The van der Waals surface area contributed by atoms with Crippen molar-refractivity contribution < 1.29 is 35.4 Å². The largest absolute Gasteiger partial charge is 0.493 e. The van der Waals surface area contributed by atoms with Crippen molar-refractivity contribution in [2.24, 2.45) is 0 Å². The Kier molecular flexibility index (Phi) is 10.0. The Labute approximate surface area is 203 Å². The Morgan fingerprint density at radius 2 is 1.88 bits per heavy atom. The van der Waals surface area contributed by atoms with Crippen LogP contribution in [0.25, 0.3) is 10.9 Å².